The van der Waals surface area contributed by atoms with E-state index in [4.69, 9.17) is 16.3 Å². The smallest absolute Gasteiger partial charge is 0.410 e. The number of likely N-dealkylation sites (tertiary alicyclic amines) is 1. The van der Waals surface area contributed by atoms with Crippen molar-refractivity contribution in [1.29, 1.82) is 0 Å². The number of halogens is 1. The molecule has 25 heavy (non-hydrogen) atoms. The number of nitrogens with zero attached hydrogens (tertiary/aromatic N) is 2. The van der Waals surface area contributed by atoms with Gasteiger partial charge in [-0.1, -0.05) is 17.7 Å². The number of anilines is 1. The van der Waals surface area contributed by atoms with Crippen molar-refractivity contribution in [3.05, 3.63) is 33.3 Å². The Morgan fingerprint density at radius 1 is 1.40 bits per heavy atom. The molecule has 1 aromatic carbocycles. The van der Waals surface area contributed by atoms with Crippen molar-refractivity contribution in [2.45, 2.75) is 51.7 Å². The highest BCUT2D eigenvalue weighted by Crippen LogP contribution is 2.33. The molecule has 1 aliphatic rings. The summed E-state index contributed by atoms with van der Waals surface area (Å²) < 4.78 is 5.44. The first kappa shape index (κ1) is 19.3. The number of carbonyl (C=O) groups excluding carboxylic acids is 1. The predicted molar refractivity (Wildman–Crippen MR) is 97.2 cm³/mol. The van der Waals surface area contributed by atoms with Gasteiger partial charge >= 0.3 is 6.09 Å². The van der Waals surface area contributed by atoms with E-state index in [1.54, 1.807) is 17.0 Å². The lowest BCUT2D eigenvalue weighted by molar-refractivity contribution is -0.384. The van der Waals surface area contributed by atoms with Crippen LogP contribution in [-0.2, 0) is 4.74 Å². The van der Waals surface area contributed by atoms with Crippen LogP contribution >= 0.6 is 11.6 Å². The lowest BCUT2D eigenvalue weighted by Crippen LogP contribution is -2.42. The minimum atomic E-state index is -0.562. The van der Waals surface area contributed by atoms with Crippen LogP contribution in [0.15, 0.2) is 18.2 Å². The van der Waals surface area contributed by atoms with Crippen LogP contribution in [0.1, 0.15) is 40.0 Å². The number of para-hydroxylation sites is 1. The van der Waals surface area contributed by atoms with E-state index >= 15 is 0 Å². The third-order valence-electron chi connectivity index (χ3n) is 3.86. The average Bonchev–Trinajstić information content (AvgIpc) is 2.73. The fraction of sp³-hybridized carbons (Fsp3) is 0.588. The van der Waals surface area contributed by atoms with Crippen molar-refractivity contribution >= 4 is 29.1 Å². The van der Waals surface area contributed by atoms with Gasteiger partial charge in [-0.15, -0.1) is 0 Å². The lowest BCUT2D eigenvalue weighted by Gasteiger charge is -2.29. The number of nitrogens with one attached hydrogen (secondary N) is 1. The summed E-state index contributed by atoms with van der Waals surface area (Å²) in [5.74, 6) is 0. The zero-order valence-corrected chi connectivity index (χ0v) is 15.5. The number of nitro benzene ring substituents is 1. The number of ether oxygens (including phenoxy) is 1. The zero-order chi connectivity index (χ0) is 18.6. The maximum Gasteiger partial charge on any atom is 0.410 e. The van der Waals surface area contributed by atoms with Gasteiger partial charge < -0.3 is 15.0 Å². The maximum atomic E-state index is 12.3. The standard InChI is InChI=1S/C17H24ClN3O4/c1-17(2,3)25-16(22)20-10-5-4-7-12(11-20)19-15-13(18)8-6-9-14(15)21(23)24/h6,8-9,12,19H,4-5,7,10-11H2,1-3H3/t12-/m1/s1. The molecule has 1 N–H and O–H groups in total. The second kappa shape index (κ2) is 7.91. The summed E-state index contributed by atoms with van der Waals surface area (Å²) in [5, 5.41) is 14.7. The fourth-order valence-corrected chi connectivity index (χ4v) is 2.99. The van der Waals surface area contributed by atoms with Crippen LogP contribution in [0.25, 0.3) is 0 Å². The Kier molecular flexibility index (Phi) is 6.11. The third-order valence-corrected chi connectivity index (χ3v) is 4.17. The van der Waals surface area contributed by atoms with Crippen molar-refractivity contribution < 1.29 is 14.5 Å². The number of benzene rings is 1. The molecule has 0 spiro atoms. The van der Waals surface area contributed by atoms with Gasteiger partial charge in [0.1, 0.15) is 11.3 Å². The predicted octanol–water partition coefficient (Wildman–Crippen LogP) is 4.45. The van der Waals surface area contributed by atoms with E-state index in [0.29, 0.717) is 23.8 Å². The number of hydrogen-bond acceptors (Lipinski definition) is 5. The molecule has 1 aromatic rings. The molecule has 138 valence electrons. The van der Waals surface area contributed by atoms with E-state index in [2.05, 4.69) is 5.32 Å². The van der Waals surface area contributed by atoms with Crippen LogP contribution in [0, 0.1) is 10.1 Å². The molecule has 1 heterocycles. The summed E-state index contributed by atoms with van der Waals surface area (Å²) in [5.41, 5.74) is -0.334. The van der Waals surface area contributed by atoms with Gasteiger partial charge in [0.05, 0.1) is 9.95 Å². The first-order valence-electron chi connectivity index (χ1n) is 8.35. The molecule has 0 bridgehead atoms. The van der Waals surface area contributed by atoms with Gasteiger partial charge in [0.25, 0.3) is 5.69 Å². The highest BCUT2D eigenvalue weighted by molar-refractivity contribution is 6.33. The van der Waals surface area contributed by atoms with E-state index in [9.17, 15) is 14.9 Å². The second-order valence-electron chi connectivity index (χ2n) is 7.15. The average molecular weight is 370 g/mol. The Hall–Kier alpha value is -2.02. The SMILES string of the molecule is CC(C)(C)OC(=O)N1CCCC[C@@H](Nc2c(Cl)cccc2[N+](=O)[O-])C1. The van der Waals surface area contributed by atoms with Gasteiger partial charge in [0.2, 0.25) is 0 Å². The van der Waals surface area contributed by atoms with Crippen LogP contribution in [0.2, 0.25) is 5.02 Å². The number of amides is 1. The molecule has 0 radical (unpaired) electrons. The minimum absolute atomic E-state index is 0.0689. The highest BCUT2D eigenvalue weighted by atomic mass is 35.5. The number of hydrogen-bond donors (Lipinski definition) is 1. The summed E-state index contributed by atoms with van der Waals surface area (Å²) in [6.07, 6.45) is 2.20. The van der Waals surface area contributed by atoms with Crippen molar-refractivity contribution in [3.8, 4) is 0 Å². The summed E-state index contributed by atoms with van der Waals surface area (Å²) in [7, 11) is 0. The number of carbonyl (C=O) groups is 1. The quantitative estimate of drug-likeness (QED) is 0.628. The number of rotatable bonds is 3. The van der Waals surface area contributed by atoms with Gasteiger partial charge in [0, 0.05) is 25.2 Å². The molecule has 7 nitrogen and oxygen atoms in total. The van der Waals surface area contributed by atoms with Crippen LogP contribution in [0.3, 0.4) is 0 Å². The van der Waals surface area contributed by atoms with E-state index in [-0.39, 0.29) is 17.8 Å². The van der Waals surface area contributed by atoms with Crippen LogP contribution in [0.4, 0.5) is 16.2 Å². The van der Waals surface area contributed by atoms with Gasteiger partial charge in [-0.05, 0) is 46.1 Å². The Balaban J connectivity index is 2.14. The summed E-state index contributed by atoms with van der Waals surface area (Å²) in [4.78, 5) is 24.8. The molecule has 1 amide bonds. The minimum Gasteiger partial charge on any atom is -0.444 e. The van der Waals surface area contributed by atoms with Gasteiger partial charge in [-0.2, -0.15) is 0 Å². The van der Waals surface area contributed by atoms with Crippen molar-refractivity contribution in [1.82, 2.24) is 4.90 Å². The van der Waals surface area contributed by atoms with Gasteiger partial charge in [-0.3, -0.25) is 10.1 Å². The van der Waals surface area contributed by atoms with Crippen LogP contribution in [0.5, 0.6) is 0 Å². The normalized spacial score (nSPS) is 18.4. The summed E-state index contributed by atoms with van der Waals surface area (Å²) in [6, 6.07) is 4.44. The molecule has 1 aliphatic heterocycles. The van der Waals surface area contributed by atoms with E-state index < -0.39 is 10.5 Å². The van der Waals surface area contributed by atoms with Crippen molar-refractivity contribution in [2.75, 3.05) is 18.4 Å². The van der Waals surface area contributed by atoms with Gasteiger partial charge in [0.15, 0.2) is 0 Å². The van der Waals surface area contributed by atoms with E-state index in [1.807, 2.05) is 20.8 Å². The Bertz CT molecular complexity index is 645. The number of nitro groups is 1. The largest absolute Gasteiger partial charge is 0.444 e. The summed E-state index contributed by atoms with van der Waals surface area (Å²) >= 11 is 6.15. The van der Waals surface area contributed by atoms with E-state index in [1.165, 1.54) is 6.07 Å². The molecule has 1 atom stereocenters. The molecule has 1 fully saturated rings. The lowest BCUT2D eigenvalue weighted by atomic mass is 10.1. The Morgan fingerprint density at radius 2 is 2.12 bits per heavy atom. The molecule has 0 saturated carbocycles. The first-order chi connectivity index (χ1) is 11.7. The van der Waals surface area contributed by atoms with Crippen molar-refractivity contribution in [3.63, 3.8) is 0 Å². The Labute approximate surface area is 152 Å². The monoisotopic (exact) mass is 369 g/mol. The first-order valence-corrected chi connectivity index (χ1v) is 8.72. The molecule has 1 saturated heterocycles. The third kappa shape index (κ3) is 5.49. The molecular formula is C17H24ClN3O4. The zero-order valence-electron chi connectivity index (χ0n) is 14.8. The topological polar surface area (TPSA) is 84.7 Å². The van der Waals surface area contributed by atoms with E-state index in [0.717, 1.165) is 19.3 Å². The molecule has 0 aromatic heterocycles. The van der Waals surface area contributed by atoms with Gasteiger partial charge in [-0.25, -0.2) is 4.79 Å². The molecule has 0 aliphatic carbocycles. The Morgan fingerprint density at radius 3 is 2.76 bits per heavy atom. The summed E-state index contributed by atoms with van der Waals surface area (Å²) in [6.45, 7) is 6.50. The van der Waals surface area contributed by atoms with Crippen LogP contribution in [-0.4, -0.2) is 40.6 Å². The molecule has 2 rings (SSSR count). The maximum absolute atomic E-state index is 12.3. The molecular weight excluding hydrogens is 346 g/mol. The van der Waals surface area contributed by atoms with Crippen LogP contribution < -0.4 is 5.32 Å². The van der Waals surface area contributed by atoms with Crippen molar-refractivity contribution in [2.24, 2.45) is 0 Å². The second-order valence-corrected chi connectivity index (χ2v) is 7.56. The highest BCUT2D eigenvalue weighted by Gasteiger charge is 2.28. The fourth-order valence-electron chi connectivity index (χ4n) is 2.76. The molecule has 0 unspecified atom stereocenters. The molecule has 8 heteroatoms.